The third-order valence-electron chi connectivity index (χ3n) is 3.22. The second kappa shape index (κ2) is 7.20. The molecule has 1 unspecified atom stereocenters. The van der Waals surface area contributed by atoms with Crippen molar-refractivity contribution in [1.82, 2.24) is 15.5 Å². The second-order valence-electron chi connectivity index (χ2n) is 4.84. The molecule has 1 rings (SSSR count). The number of carbonyl (C=O) groups excluding carboxylic acids is 1. The van der Waals surface area contributed by atoms with Crippen LogP contribution >= 0.6 is 0 Å². The van der Waals surface area contributed by atoms with Crippen LogP contribution in [0, 0.1) is 5.92 Å². The zero-order valence-corrected chi connectivity index (χ0v) is 11.1. The number of carboxylic acids is 1. The molecule has 1 fully saturated rings. The summed E-state index contributed by atoms with van der Waals surface area (Å²) in [6, 6.07) is -0.496. The Hall–Kier alpha value is -1.30. The Morgan fingerprint density at radius 3 is 2.61 bits per heavy atom. The normalized spacial score (nSPS) is 16.4. The third-order valence-corrected chi connectivity index (χ3v) is 3.22. The number of amides is 2. The lowest BCUT2D eigenvalue weighted by molar-refractivity contribution is -0.137. The van der Waals surface area contributed by atoms with Crippen molar-refractivity contribution >= 4 is 12.0 Å². The lowest BCUT2D eigenvalue weighted by atomic mass is 10.1. The summed E-state index contributed by atoms with van der Waals surface area (Å²) in [6.07, 6.45) is 2.03. The van der Waals surface area contributed by atoms with Gasteiger partial charge in [0.2, 0.25) is 0 Å². The monoisotopic (exact) mass is 257 g/mol. The van der Waals surface area contributed by atoms with Crippen LogP contribution < -0.4 is 10.6 Å². The number of rotatable bonds is 8. The minimum absolute atomic E-state index is 0.00689. The van der Waals surface area contributed by atoms with E-state index in [4.69, 9.17) is 5.11 Å². The first-order valence-electron chi connectivity index (χ1n) is 6.47. The highest BCUT2D eigenvalue weighted by Gasteiger charge is 2.33. The Kier molecular flexibility index (Phi) is 5.91. The third kappa shape index (κ3) is 5.86. The van der Waals surface area contributed by atoms with Gasteiger partial charge in [-0.1, -0.05) is 6.92 Å². The zero-order chi connectivity index (χ0) is 13.5. The largest absolute Gasteiger partial charge is 0.481 e. The van der Waals surface area contributed by atoms with Gasteiger partial charge in [0.25, 0.3) is 0 Å². The lowest BCUT2D eigenvalue weighted by Gasteiger charge is -2.18. The van der Waals surface area contributed by atoms with Crippen LogP contribution in [-0.4, -0.2) is 54.7 Å². The molecule has 104 valence electrons. The first-order chi connectivity index (χ1) is 8.52. The van der Waals surface area contributed by atoms with E-state index in [1.165, 1.54) is 0 Å². The van der Waals surface area contributed by atoms with Gasteiger partial charge >= 0.3 is 12.0 Å². The van der Waals surface area contributed by atoms with Gasteiger partial charge in [-0.05, 0) is 32.4 Å². The van der Waals surface area contributed by atoms with Crippen LogP contribution in [0.5, 0.6) is 0 Å². The molecule has 0 heterocycles. The fourth-order valence-corrected chi connectivity index (χ4v) is 1.76. The van der Waals surface area contributed by atoms with Gasteiger partial charge in [-0.3, -0.25) is 4.79 Å². The molecule has 0 radical (unpaired) electrons. The topological polar surface area (TPSA) is 81.7 Å². The molecule has 6 heteroatoms. The summed E-state index contributed by atoms with van der Waals surface area (Å²) in [7, 11) is 1.98. The number of carbonyl (C=O) groups is 2. The van der Waals surface area contributed by atoms with Crippen LogP contribution in [0.3, 0.4) is 0 Å². The lowest BCUT2D eigenvalue weighted by Crippen LogP contribution is -2.45. The minimum Gasteiger partial charge on any atom is -0.481 e. The quantitative estimate of drug-likeness (QED) is 0.591. The van der Waals surface area contributed by atoms with Crippen LogP contribution in [-0.2, 0) is 4.79 Å². The van der Waals surface area contributed by atoms with Gasteiger partial charge in [-0.25, -0.2) is 4.79 Å². The van der Waals surface area contributed by atoms with E-state index in [1.54, 1.807) is 0 Å². The van der Waals surface area contributed by atoms with Crippen LogP contribution in [0.25, 0.3) is 0 Å². The summed E-state index contributed by atoms with van der Waals surface area (Å²) >= 11 is 0. The number of nitrogens with zero attached hydrogens (tertiary/aromatic N) is 1. The average molecular weight is 257 g/mol. The number of aliphatic carboxylic acids is 1. The molecule has 0 aliphatic heterocycles. The zero-order valence-electron chi connectivity index (χ0n) is 11.1. The Morgan fingerprint density at radius 1 is 1.44 bits per heavy atom. The average Bonchev–Trinajstić information content (AvgIpc) is 3.11. The number of urea groups is 1. The maximum atomic E-state index is 11.6. The van der Waals surface area contributed by atoms with Crippen molar-refractivity contribution in [2.24, 2.45) is 5.92 Å². The minimum atomic E-state index is -0.863. The van der Waals surface area contributed by atoms with E-state index >= 15 is 0 Å². The fourth-order valence-electron chi connectivity index (χ4n) is 1.76. The van der Waals surface area contributed by atoms with E-state index in [9.17, 15) is 9.59 Å². The maximum absolute atomic E-state index is 11.6. The first-order valence-corrected chi connectivity index (χ1v) is 6.47. The van der Waals surface area contributed by atoms with E-state index in [0.717, 1.165) is 25.9 Å². The van der Waals surface area contributed by atoms with E-state index in [1.807, 2.05) is 7.05 Å². The molecule has 0 aromatic heterocycles. The summed E-state index contributed by atoms with van der Waals surface area (Å²) in [5.41, 5.74) is 0. The van der Waals surface area contributed by atoms with Crippen LogP contribution in [0.1, 0.15) is 26.2 Å². The molecule has 6 nitrogen and oxygen atoms in total. The molecule has 0 bridgehead atoms. The van der Waals surface area contributed by atoms with Crippen molar-refractivity contribution in [2.75, 3.05) is 26.7 Å². The molecule has 1 aliphatic carbocycles. The summed E-state index contributed by atoms with van der Waals surface area (Å²) in [5, 5.41) is 14.3. The predicted octanol–water partition coefficient (Wildman–Crippen LogP) is 0.491. The molecule has 0 spiro atoms. The molecule has 18 heavy (non-hydrogen) atoms. The van der Waals surface area contributed by atoms with E-state index in [-0.39, 0.29) is 18.5 Å². The SMILES string of the molecule is CCN(C)CCNC(=O)NC(CC(=O)O)C1CC1. The van der Waals surface area contributed by atoms with Crippen LogP contribution in [0.2, 0.25) is 0 Å². The molecule has 0 aromatic carbocycles. The summed E-state index contributed by atoms with van der Waals surface area (Å²) in [6.45, 7) is 4.35. The number of hydrogen-bond acceptors (Lipinski definition) is 3. The van der Waals surface area contributed by atoms with Crippen molar-refractivity contribution in [3.05, 3.63) is 0 Å². The maximum Gasteiger partial charge on any atom is 0.315 e. The number of hydrogen-bond donors (Lipinski definition) is 3. The van der Waals surface area contributed by atoms with Crippen molar-refractivity contribution in [3.63, 3.8) is 0 Å². The molecule has 2 amide bonds. The van der Waals surface area contributed by atoms with Gasteiger partial charge in [-0.15, -0.1) is 0 Å². The van der Waals surface area contributed by atoms with Crippen LogP contribution in [0.15, 0.2) is 0 Å². The van der Waals surface area contributed by atoms with Gasteiger partial charge in [0.1, 0.15) is 0 Å². The van der Waals surface area contributed by atoms with Crippen molar-refractivity contribution in [2.45, 2.75) is 32.2 Å². The molecule has 0 saturated heterocycles. The highest BCUT2D eigenvalue weighted by Crippen LogP contribution is 2.33. The standard InChI is InChI=1S/C12H23N3O3/c1-3-15(2)7-6-13-12(18)14-10(8-11(16)17)9-4-5-9/h9-10H,3-8H2,1-2H3,(H,16,17)(H2,13,14,18). The highest BCUT2D eigenvalue weighted by molar-refractivity contribution is 5.75. The molecule has 0 aromatic rings. The van der Waals surface area contributed by atoms with Gasteiger partial charge in [0, 0.05) is 19.1 Å². The van der Waals surface area contributed by atoms with E-state index in [2.05, 4.69) is 22.5 Å². The second-order valence-corrected chi connectivity index (χ2v) is 4.84. The number of nitrogens with one attached hydrogen (secondary N) is 2. The first kappa shape index (κ1) is 14.8. The van der Waals surface area contributed by atoms with Crippen molar-refractivity contribution < 1.29 is 14.7 Å². The van der Waals surface area contributed by atoms with E-state index < -0.39 is 5.97 Å². The van der Waals surface area contributed by atoms with Gasteiger partial charge in [-0.2, -0.15) is 0 Å². The number of carboxylic acid groups (broad SMARTS) is 1. The Bertz CT molecular complexity index is 292. The smallest absolute Gasteiger partial charge is 0.315 e. The summed E-state index contributed by atoms with van der Waals surface area (Å²) in [5.74, 6) is -0.525. The highest BCUT2D eigenvalue weighted by atomic mass is 16.4. The van der Waals surface area contributed by atoms with Gasteiger partial charge in [0.05, 0.1) is 6.42 Å². The van der Waals surface area contributed by atoms with Crippen molar-refractivity contribution in [1.29, 1.82) is 0 Å². The molecule has 1 atom stereocenters. The fraction of sp³-hybridized carbons (Fsp3) is 0.833. The van der Waals surface area contributed by atoms with Gasteiger partial charge in [0.15, 0.2) is 0 Å². The summed E-state index contributed by atoms with van der Waals surface area (Å²) in [4.78, 5) is 24.4. The molecule has 1 saturated carbocycles. The van der Waals surface area contributed by atoms with Gasteiger partial charge < -0.3 is 20.6 Å². The van der Waals surface area contributed by atoms with E-state index in [0.29, 0.717) is 12.5 Å². The molecule has 1 aliphatic rings. The Morgan fingerprint density at radius 2 is 2.11 bits per heavy atom. The number of likely N-dealkylation sites (N-methyl/N-ethyl adjacent to an activating group) is 1. The Balaban J connectivity index is 2.22. The van der Waals surface area contributed by atoms with Crippen molar-refractivity contribution in [3.8, 4) is 0 Å². The molecular weight excluding hydrogens is 234 g/mol. The Labute approximate surface area is 108 Å². The molecular formula is C12H23N3O3. The summed E-state index contributed by atoms with van der Waals surface area (Å²) < 4.78 is 0. The predicted molar refractivity (Wildman–Crippen MR) is 68.5 cm³/mol. The molecule has 3 N–H and O–H groups in total. The van der Waals surface area contributed by atoms with Crippen LogP contribution in [0.4, 0.5) is 4.79 Å².